The molecular formula is C16H12FNO3S. The van der Waals surface area contributed by atoms with Crippen molar-refractivity contribution in [1.82, 2.24) is 5.48 Å². The van der Waals surface area contributed by atoms with Crippen LogP contribution in [0, 0.1) is 5.82 Å². The quantitative estimate of drug-likeness (QED) is 0.570. The van der Waals surface area contributed by atoms with Crippen molar-refractivity contribution in [3.63, 3.8) is 0 Å². The van der Waals surface area contributed by atoms with Gasteiger partial charge < -0.3 is 4.74 Å². The van der Waals surface area contributed by atoms with E-state index in [1.807, 2.05) is 6.07 Å². The van der Waals surface area contributed by atoms with Gasteiger partial charge in [-0.3, -0.25) is 10.0 Å². The second-order valence-corrected chi connectivity index (χ2v) is 5.73. The Bertz CT molecular complexity index is 860. The zero-order chi connectivity index (χ0) is 15.7. The molecule has 0 spiro atoms. The van der Waals surface area contributed by atoms with E-state index >= 15 is 0 Å². The highest BCUT2D eigenvalue weighted by Crippen LogP contribution is 2.38. The number of carbonyl (C=O) groups excluding carboxylic acids is 1. The van der Waals surface area contributed by atoms with Crippen LogP contribution in [0.15, 0.2) is 42.5 Å². The Kier molecular flexibility index (Phi) is 3.79. The normalized spacial score (nSPS) is 10.7. The van der Waals surface area contributed by atoms with Crippen LogP contribution in [0.25, 0.3) is 20.5 Å². The summed E-state index contributed by atoms with van der Waals surface area (Å²) in [6, 6.07) is 11.3. The van der Waals surface area contributed by atoms with Crippen LogP contribution in [0.5, 0.6) is 5.75 Å². The van der Waals surface area contributed by atoms with Crippen LogP contribution in [0.2, 0.25) is 0 Å². The summed E-state index contributed by atoms with van der Waals surface area (Å²) < 4.78 is 19.7. The summed E-state index contributed by atoms with van der Waals surface area (Å²) in [6.45, 7) is 0. The van der Waals surface area contributed by atoms with Gasteiger partial charge in [-0.25, -0.2) is 9.87 Å². The molecule has 1 amide bonds. The Labute approximate surface area is 129 Å². The average Bonchev–Trinajstić information content (AvgIpc) is 2.96. The molecule has 0 unspecified atom stereocenters. The summed E-state index contributed by atoms with van der Waals surface area (Å²) in [5.41, 5.74) is 2.62. The van der Waals surface area contributed by atoms with E-state index < -0.39 is 5.91 Å². The van der Waals surface area contributed by atoms with Gasteiger partial charge in [0.1, 0.15) is 11.6 Å². The van der Waals surface area contributed by atoms with E-state index in [0.717, 1.165) is 15.0 Å². The van der Waals surface area contributed by atoms with Crippen LogP contribution < -0.4 is 10.2 Å². The molecule has 0 aliphatic carbocycles. The number of fused-ring (bicyclic) bond motifs is 1. The van der Waals surface area contributed by atoms with Crippen LogP contribution in [0.3, 0.4) is 0 Å². The van der Waals surface area contributed by atoms with Crippen molar-refractivity contribution >= 4 is 27.3 Å². The number of hydroxylamine groups is 1. The highest BCUT2D eigenvalue weighted by atomic mass is 32.1. The van der Waals surface area contributed by atoms with Gasteiger partial charge in [-0.05, 0) is 47.9 Å². The SMILES string of the molecule is COc1ccc(F)cc1-c1cc2cc(C(=O)NO)ccc2s1. The molecular weight excluding hydrogens is 305 g/mol. The largest absolute Gasteiger partial charge is 0.496 e. The Morgan fingerprint density at radius 3 is 2.77 bits per heavy atom. The zero-order valence-corrected chi connectivity index (χ0v) is 12.4. The van der Waals surface area contributed by atoms with Gasteiger partial charge in [0.2, 0.25) is 0 Å². The number of methoxy groups -OCH3 is 1. The maximum Gasteiger partial charge on any atom is 0.274 e. The van der Waals surface area contributed by atoms with Crippen molar-refractivity contribution < 1.29 is 19.1 Å². The molecule has 22 heavy (non-hydrogen) atoms. The van der Waals surface area contributed by atoms with E-state index in [-0.39, 0.29) is 5.82 Å². The predicted molar refractivity (Wildman–Crippen MR) is 83.0 cm³/mol. The van der Waals surface area contributed by atoms with Gasteiger partial charge in [0.25, 0.3) is 5.91 Å². The van der Waals surface area contributed by atoms with E-state index in [0.29, 0.717) is 16.9 Å². The number of thiophene rings is 1. The number of nitrogens with one attached hydrogen (secondary N) is 1. The second kappa shape index (κ2) is 5.75. The van der Waals surface area contributed by atoms with Gasteiger partial charge >= 0.3 is 0 Å². The van der Waals surface area contributed by atoms with Crippen molar-refractivity contribution in [2.75, 3.05) is 7.11 Å². The molecule has 0 aliphatic heterocycles. The molecule has 0 radical (unpaired) electrons. The number of halogens is 1. The van der Waals surface area contributed by atoms with Crippen molar-refractivity contribution in [1.29, 1.82) is 0 Å². The van der Waals surface area contributed by atoms with Gasteiger partial charge in [0.05, 0.1) is 7.11 Å². The van der Waals surface area contributed by atoms with Gasteiger partial charge in [-0.15, -0.1) is 11.3 Å². The fourth-order valence-corrected chi connectivity index (χ4v) is 3.32. The molecule has 0 fully saturated rings. The summed E-state index contributed by atoms with van der Waals surface area (Å²) in [5.74, 6) is -0.326. The molecule has 2 N–H and O–H groups in total. The molecule has 0 aliphatic rings. The molecule has 2 aromatic carbocycles. The molecule has 0 saturated carbocycles. The third-order valence-electron chi connectivity index (χ3n) is 3.31. The van der Waals surface area contributed by atoms with Crippen LogP contribution in [-0.4, -0.2) is 18.2 Å². The highest BCUT2D eigenvalue weighted by Gasteiger charge is 2.12. The molecule has 4 nitrogen and oxygen atoms in total. The minimum absolute atomic E-state index is 0.339. The number of rotatable bonds is 3. The fourth-order valence-electron chi connectivity index (χ4n) is 2.25. The molecule has 0 atom stereocenters. The minimum atomic E-state index is -0.571. The Balaban J connectivity index is 2.13. The predicted octanol–water partition coefficient (Wildman–Crippen LogP) is 3.84. The minimum Gasteiger partial charge on any atom is -0.496 e. The van der Waals surface area contributed by atoms with Gasteiger partial charge in [0.15, 0.2) is 0 Å². The Morgan fingerprint density at radius 1 is 1.23 bits per heavy atom. The first-order valence-corrected chi connectivity index (χ1v) is 7.26. The third kappa shape index (κ3) is 2.54. The molecule has 3 aromatic rings. The van der Waals surface area contributed by atoms with Crippen LogP contribution in [0.1, 0.15) is 10.4 Å². The fraction of sp³-hybridized carbons (Fsp3) is 0.0625. The number of carbonyl (C=O) groups is 1. The summed E-state index contributed by atoms with van der Waals surface area (Å²) >= 11 is 1.48. The maximum atomic E-state index is 13.5. The van der Waals surface area contributed by atoms with E-state index in [4.69, 9.17) is 9.94 Å². The van der Waals surface area contributed by atoms with Crippen LogP contribution in [-0.2, 0) is 0 Å². The lowest BCUT2D eigenvalue weighted by atomic mass is 10.1. The lowest BCUT2D eigenvalue weighted by Crippen LogP contribution is -2.18. The van der Waals surface area contributed by atoms with Gasteiger partial charge in [-0.1, -0.05) is 0 Å². The van der Waals surface area contributed by atoms with Gasteiger partial charge in [0, 0.05) is 20.7 Å². The number of benzene rings is 2. The van der Waals surface area contributed by atoms with Crippen LogP contribution in [0.4, 0.5) is 4.39 Å². The average molecular weight is 317 g/mol. The topological polar surface area (TPSA) is 58.6 Å². The number of ether oxygens (including phenoxy) is 1. The highest BCUT2D eigenvalue weighted by molar-refractivity contribution is 7.22. The summed E-state index contributed by atoms with van der Waals surface area (Å²) in [5, 5.41) is 9.53. The molecule has 0 saturated heterocycles. The van der Waals surface area contributed by atoms with Crippen LogP contribution >= 0.6 is 11.3 Å². The number of hydrogen-bond acceptors (Lipinski definition) is 4. The van der Waals surface area contributed by atoms with E-state index in [1.165, 1.54) is 30.6 Å². The van der Waals surface area contributed by atoms with Gasteiger partial charge in [-0.2, -0.15) is 0 Å². The first-order valence-electron chi connectivity index (χ1n) is 6.44. The zero-order valence-electron chi connectivity index (χ0n) is 11.6. The van der Waals surface area contributed by atoms with E-state index in [2.05, 4.69) is 0 Å². The summed E-state index contributed by atoms with van der Waals surface area (Å²) in [6.07, 6.45) is 0. The number of amides is 1. The monoisotopic (exact) mass is 317 g/mol. The molecule has 0 bridgehead atoms. The first-order chi connectivity index (χ1) is 10.6. The first kappa shape index (κ1) is 14.5. The molecule has 3 rings (SSSR count). The third-order valence-corrected chi connectivity index (χ3v) is 4.46. The van der Waals surface area contributed by atoms with Crippen molar-refractivity contribution in [2.24, 2.45) is 0 Å². The maximum absolute atomic E-state index is 13.5. The second-order valence-electron chi connectivity index (χ2n) is 4.65. The molecule has 6 heteroatoms. The summed E-state index contributed by atoms with van der Waals surface area (Å²) in [7, 11) is 1.54. The smallest absolute Gasteiger partial charge is 0.274 e. The Morgan fingerprint density at radius 2 is 2.05 bits per heavy atom. The van der Waals surface area contributed by atoms with E-state index in [9.17, 15) is 9.18 Å². The van der Waals surface area contributed by atoms with Crippen molar-refractivity contribution in [3.8, 4) is 16.2 Å². The van der Waals surface area contributed by atoms with E-state index in [1.54, 1.807) is 29.7 Å². The standard InChI is InChI=1S/C16H12FNO3S/c1-21-13-4-3-11(17)8-12(13)15-7-10-6-9(16(19)18-20)2-5-14(10)22-15/h2-8,20H,1H3,(H,18,19). The molecule has 1 aromatic heterocycles. The molecule has 1 heterocycles. The Hall–Kier alpha value is -2.44. The number of hydrogen-bond donors (Lipinski definition) is 2. The van der Waals surface area contributed by atoms with Crippen molar-refractivity contribution in [2.45, 2.75) is 0 Å². The summed E-state index contributed by atoms with van der Waals surface area (Å²) in [4.78, 5) is 12.3. The lowest BCUT2D eigenvalue weighted by molar-refractivity contribution is 0.0706. The van der Waals surface area contributed by atoms with Crippen molar-refractivity contribution in [3.05, 3.63) is 53.8 Å². The molecule has 112 valence electrons. The lowest BCUT2D eigenvalue weighted by Gasteiger charge is -2.06.